The van der Waals surface area contributed by atoms with E-state index in [1.807, 2.05) is 4.90 Å². The van der Waals surface area contributed by atoms with Gasteiger partial charge in [-0.05, 0) is 28.8 Å². The quantitative estimate of drug-likeness (QED) is 0.920. The van der Waals surface area contributed by atoms with Crippen LogP contribution in [0.1, 0.15) is 19.3 Å². The van der Waals surface area contributed by atoms with Crippen LogP contribution in [0.2, 0.25) is 0 Å². The average molecular weight is 305 g/mol. The maximum Gasteiger partial charge on any atom is 0.224 e. The molecule has 0 unspecified atom stereocenters. The molecule has 2 rings (SSSR count). The number of hydrogen-bond acceptors (Lipinski definition) is 5. The molecule has 1 aliphatic heterocycles. The number of nitrogens with zero attached hydrogens (tertiary/aromatic N) is 3. The Labute approximate surface area is 106 Å². The second kappa shape index (κ2) is 5.58. The Balaban J connectivity index is 1.69. The van der Waals surface area contributed by atoms with Crippen molar-refractivity contribution >= 4 is 38.3 Å². The van der Waals surface area contributed by atoms with Gasteiger partial charge in [0, 0.05) is 26.1 Å². The van der Waals surface area contributed by atoms with E-state index in [1.54, 1.807) is 0 Å². The van der Waals surface area contributed by atoms with E-state index >= 15 is 0 Å². The van der Waals surface area contributed by atoms with Crippen LogP contribution in [0.15, 0.2) is 3.92 Å². The number of hydrogen-bond donors (Lipinski definition) is 1. The summed E-state index contributed by atoms with van der Waals surface area (Å²) in [5, 5.41) is 11.6. The lowest BCUT2D eigenvalue weighted by atomic mass is 10.3. The Morgan fingerprint density at radius 2 is 2.19 bits per heavy atom. The van der Waals surface area contributed by atoms with Crippen molar-refractivity contribution in [1.82, 2.24) is 15.1 Å². The van der Waals surface area contributed by atoms with E-state index < -0.39 is 0 Å². The van der Waals surface area contributed by atoms with Crippen LogP contribution in [0.4, 0.5) is 5.13 Å². The largest absolute Gasteiger partial charge is 0.360 e. The minimum atomic E-state index is 0.230. The molecule has 1 aliphatic rings. The highest BCUT2D eigenvalue weighted by Crippen LogP contribution is 2.19. The SMILES string of the molecule is O=C(CCNc1nnc(Br)s1)N1CCCC1. The number of amides is 1. The summed E-state index contributed by atoms with van der Waals surface area (Å²) in [6.07, 6.45) is 2.81. The molecule has 0 bridgehead atoms. The zero-order chi connectivity index (χ0) is 11.4. The van der Waals surface area contributed by atoms with Gasteiger partial charge in [0.15, 0.2) is 3.92 Å². The third-order valence-electron chi connectivity index (χ3n) is 2.47. The number of anilines is 1. The Kier molecular flexibility index (Phi) is 4.11. The summed E-state index contributed by atoms with van der Waals surface area (Å²) in [6.45, 7) is 2.46. The predicted octanol–water partition coefficient (Wildman–Crippen LogP) is 1.72. The van der Waals surface area contributed by atoms with E-state index in [9.17, 15) is 4.79 Å². The van der Waals surface area contributed by atoms with E-state index in [0.717, 1.165) is 35.0 Å². The Hall–Kier alpha value is -0.690. The van der Waals surface area contributed by atoms with Crippen molar-refractivity contribution in [2.75, 3.05) is 25.0 Å². The molecule has 1 fully saturated rings. The summed E-state index contributed by atoms with van der Waals surface area (Å²) in [5.74, 6) is 0.230. The Bertz CT molecular complexity index is 364. The van der Waals surface area contributed by atoms with Crippen molar-refractivity contribution < 1.29 is 4.79 Å². The fourth-order valence-corrected chi connectivity index (χ4v) is 2.71. The van der Waals surface area contributed by atoms with Crippen LogP contribution in [0.3, 0.4) is 0 Å². The summed E-state index contributed by atoms with van der Waals surface area (Å²) in [6, 6.07) is 0. The molecule has 2 heterocycles. The third-order valence-corrected chi connectivity index (χ3v) is 3.79. The molecule has 0 spiro atoms. The van der Waals surface area contributed by atoms with Gasteiger partial charge < -0.3 is 10.2 Å². The molecule has 0 aromatic carbocycles. The molecule has 7 heteroatoms. The van der Waals surface area contributed by atoms with Gasteiger partial charge in [-0.2, -0.15) is 0 Å². The highest BCUT2D eigenvalue weighted by molar-refractivity contribution is 9.11. The molecule has 1 aromatic rings. The summed E-state index contributed by atoms with van der Waals surface area (Å²) in [4.78, 5) is 13.6. The van der Waals surface area contributed by atoms with Crippen LogP contribution in [-0.4, -0.2) is 40.6 Å². The molecular weight excluding hydrogens is 292 g/mol. The van der Waals surface area contributed by atoms with E-state index in [0.29, 0.717) is 13.0 Å². The predicted molar refractivity (Wildman–Crippen MR) is 66.5 cm³/mol. The fourth-order valence-electron chi connectivity index (χ4n) is 1.68. The summed E-state index contributed by atoms with van der Waals surface area (Å²) < 4.78 is 0.751. The van der Waals surface area contributed by atoms with Gasteiger partial charge in [0.25, 0.3) is 0 Å². The molecular formula is C9H13BrN4OS. The zero-order valence-electron chi connectivity index (χ0n) is 8.78. The first-order chi connectivity index (χ1) is 7.75. The molecule has 0 saturated carbocycles. The second-order valence-corrected chi connectivity index (χ2v) is 5.88. The minimum Gasteiger partial charge on any atom is -0.360 e. The summed E-state index contributed by atoms with van der Waals surface area (Å²) >= 11 is 4.67. The molecule has 1 N–H and O–H groups in total. The van der Waals surface area contributed by atoms with Crippen LogP contribution in [0.5, 0.6) is 0 Å². The van der Waals surface area contributed by atoms with Crippen molar-refractivity contribution in [3.63, 3.8) is 0 Å². The maximum atomic E-state index is 11.7. The first-order valence-electron chi connectivity index (χ1n) is 5.26. The zero-order valence-corrected chi connectivity index (χ0v) is 11.2. The van der Waals surface area contributed by atoms with Crippen molar-refractivity contribution in [1.29, 1.82) is 0 Å². The lowest BCUT2D eigenvalue weighted by Gasteiger charge is -2.14. The van der Waals surface area contributed by atoms with Crippen LogP contribution in [0, 0.1) is 0 Å². The molecule has 5 nitrogen and oxygen atoms in total. The van der Waals surface area contributed by atoms with Gasteiger partial charge >= 0.3 is 0 Å². The van der Waals surface area contributed by atoms with E-state index in [-0.39, 0.29) is 5.91 Å². The van der Waals surface area contributed by atoms with Gasteiger partial charge in [0.1, 0.15) is 0 Å². The van der Waals surface area contributed by atoms with Crippen molar-refractivity contribution in [3.8, 4) is 0 Å². The van der Waals surface area contributed by atoms with Gasteiger partial charge in [-0.3, -0.25) is 4.79 Å². The molecule has 1 aromatic heterocycles. The minimum absolute atomic E-state index is 0.230. The normalized spacial score (nSPS) is 15.4. The number of aromatic nitrogens is 2. The molecule has 0 radical (unpaired) electrons. The van der Waals surface area contributed by atoms with Crippen molar-refractivity contribution in [3.05, 3.63) is 3.92 Å². The van der Waals surface area contributed by atoms with E-state index in [1.165, 1.54) is 11.3 Å². The third kappa shape index (κ3) is 3.15. The number of rotatable bonds is 4. The van der Waals surface area contributed by atoms with Crippen molar-refractivity contribution in [2.45, 2.75) is 19.3 Å². The standard InChI is InChI=1S/C9H13BrN4OS/c10-8-12-13-9(16-8)11-4-3-7(15)14-5-1-2-6-14/h1-6H2,(H,11,13). The molecule has 88 valence electrons. The van der Waals surface area contributed by atoms with Gasteiger partial charge in [-0.1, -0.05) is 11.3 Å². The maximum absolute atomic E-state index is 11.7. The van der Waals surface area contributed by atoms with Crippen molar-refractivity contribution in [2.24, 2.45) is 0 Å². The van der Waals surface area contributed by atoms with E-state index in [4.69, 9.17) is 0 Å². The Morgan fingerprint density at radius 3 is 2.81 bits per heavy atom. The molecule has 0 aliphatic carbocycles. The average Bonchev–Trinajstić information content (AvgIpc) is 2.89. The molecule has 16 heavy (non-hydrogen) atoms. The smallest absolute Gasteiger partial charge is 0.224 e. The van der Waals surface area contributed by atoms with Gasteiger partial charge in [0.05, 0.1) is 0 Å². The second-order valence-electron chi connectivity index (χ2n) is 3.62. The first-order valence-corrected chi connectivity index (χ1v) is 6.87. The number of halogens is 1. The molecule has 1 saturated heterocycles. The molecule has 0 atom stereocenters. The number of carbonyl (C=O) groups is 1. The first kappa shape index (κ1) is 11.8. The van der Waals surface area contributed by atoms with Gasteiger partial charge in [-0.15, -0.1) is 10.2 Å². The van der Waals surface area contributed by atoms with Gasteiger partial charge in [0.2, 0.25) is 11.0 Å². The topological polar surface area (TPSA) is 58.1 Å². The fraction of sp³-hybridized carbons (Fsp3) is 0.667. The van der Waals surface area contributed by atoms with Crippen LogP contribution in [-0.2, 0) is 4.79 Å². The monoisotopic (exact) mass is 304 g/mol. The van der Waals surface area contributed by atoms with Gasteiger partial charge in [-0.25, -0.2) is 0 Å². The lowest BCUT2D eigenvalue weighted by molar-refractivity contribution is -0.129. The highest BCUT2D eigenvalue weighted by Gasteiger charge is 2.17. The van der Waals surface area contributed by atoms with Crippen LogP contribution < -0.4 is 5.32 Å². The number of carbonyl (C=O) groups excluding carboxylic acids is 1. The van der Waals surface area contributed by atoms with E-state index in [2.05, 4.69) is 31.4 Å². The van der Waals surface area contributed by atoms with Crippen LogP contribution >= 0.6 is 27.3 Å². The summed E-state index contributed by atoms with van der Waals surface area (Å²) in [7, 11) is 0. The summed E-state index contributed by atoms with van der Waals surface area (Å²) in [5.41, 5.74) is 0. The lowest BCUT2D eigenvalue weighted by Crippen LogP contribution is -2.29. The Morgan fingerprint density at radius 1 is 1.44 bits per heavy atom. The highest BCUT2D eigenvalue weighted by atomic mass is 79.9. The number of nitrogens with one attached hydrogen (secondary N) is 1. The van der Waals surface area contributed by atoms with Crippen LogP contribution in [0.25, 0.3) is 0 Å². The molecule has 1 amide bonds. The number of likely N-dealkylation sites (tertiary alicyclic amines) is 1.